The smallest absolute Gasteiger partial charge is 0.345 e. The first-order valence-corrected chi connectivity index (χ1v) is 8.81. The van der Waals surface area contributed by atoms with Gasteiger partial charge in [-0.3, -0.25) is 4.79 Å². The number of amides is 1. The highest BCUT2D eigenvalue weighted by atomic mass is 32.1. The van der Waals surface area contributed by atoms with Crippen molar-refractivity contribution in [3.05, 3.63) is 21.9 Å². The van der Waals surface area contributed by atoms with E-state index in [1.54, 1.807) is 11.0 Å². The van der Waals surface area contributed by atoms with Gasteiger partial charge in [-0.2, -0.15) is 0 Å². The number of hydrogen-bond acceptors (Lipinski definition) is 5. The first-order valence-electron chi connectivity index (χ1n) is 7.99. The second kappa shape index (κ2) is 7.42. The summed E-state index contributed by atoms with van der Waals surface area (Å²) in [4.78, 5) is 25.8. The van der Waals surface area contributed by atoms with E-state index in [0.29, 0.717) is 18.0 Å². The van der Waals surface area contributed by atoms with Crippen LogP contribution in [0.5, 0.6) is 0 Å². The highest BCUT2D eigenvalue weighted by Crippen LogP contribution is 2.23. The van der Waals surface area contributed by atoms with Crippen LogP contribution in [0.2, 0.25) is 0 Å². The van der Waals surface area contributed by atoms with E-state index in [9.17, 15) is 9.59 Å². The second-order valence-electron chi connectivity index (χ2n) is 5.91. The van der Waals surface area contributed by atoms with Crippen LogP contribution in [0.25, 0.3) is 0 Å². The number of likely N-dealkylation sites (tertiary alicyclic amines) is 1. The Hall–Kier alpha value is -1.44. The van der Waals surface area contributed by atoms with Crippen molar-refractivity contribution in [2.75, 3.05) is 26.3 Å². The fourth-order valence-electron chi connectivity index (χ4n) is 3.00. The number of carboxylic acids is 1. The summed E-state index contributed by atoms with van der Waals surface area (Å²) >= 11 is 1.04. The molecule has 23 heavy (non-hydrogen) atoms. The molecule has 0 bridgehead atoms. The summed E-state index contributed by atoms with van der Waals surface area (Å²) in [5, 5.41) is 8.94. The van der Waals surface area contributed by atoms with Gasteiger partial charge in [0.15, 0.2) is 0 Å². The van der Waals surface area contributed by atoms with Gasteiger partial charge in [0.25, 0.3) is 5.91 Å². The lowest BCUT2D eigenvalue weighted by Gasteiger charge is -2.34. The summed E-state index contributed by atoms with van der Waals surface area (Å²) < 4.78 is 11.4. The SMILES string of the molecule is O=C(O)c1ccc(C(=O)N2CCC(OC3CCOCC3)CC2)s1. The minimum absolute atomic E-state index is 0.0768. The van der Waals surface area contributed by atoms with Crippen LogP contribution in [-0.2, 0) is 9.47 Å². The molecule has 0 radical (unpaired) electrons. The molecule has 0 unspecified atom stereocenters. The number of carbonyl (C=O) groups excluding carboxylic acids is 1. The Morgan fingerprint density at radius 1 is 1.09 bits per heavy atom. The summed E-state index contributed by atoms with van der Waals surface area (Å²) in [5.74, 6) is -1.07. The van der Waals surface area contributed by atoms with E-state index in [1.807, 2.05) is 0 Å². The van der Waals surface area contributed by atoms with E-state index in [1.165, 1.54) is 6.07 Å². The lowest BCUT2D eigenvalue weighted by atomic mass is 10.1. The van der Waals surface area contributed by atoms with E-state index in [4.69, 9.17) is 14.6 Å². The minimum atomic E-state index is -0.988. The Balaban J connectivity index is 1.49. The average Bonchev–Trinajstić information content (AvgIpc) is 3.06. The van der Waals surface area contributed by atoms with Crippen molar-refractivity contribution in [3.63, 3.8) is 0 Å². The summed E-state index contributed by atoms with van der Waals surface area (Å²) in [6.45, 7) is 2.86. The van der Waals surface area contributed by atoms with E-state index in [2.05, 4.69) is 0 Å². The highest BCUT2D eigenvalue weighted by Gasteiger charge is 2.27. The van der Waals surface area contributed by atoms with Crippen LogP contribution in [0.3, 0.4) is 0 Å². The van der Waals surface area contributed by atoms with Crippen LogP contribution >= 0.6 is 11.3 Å². The number of thiophene rings is 1. The van der Waals surface area contributed by atoms with Crippen LogP contribution in [0.15, 0.2) is 12.1 Å². The molecule has 1 N–H and O–H groups in total. The number of ether oxygens (including phenoxy) is 2. The number of piperidine rings is 1. The third-order valence-electron chi connectivity index (χ3n) is 4.31. The standard InChI is InChI=1S/C16H21NO5S/c18-15(13-1-2-14(23-13)16(19)20)17-7-3-11(4-8-17)22-12-5-9-21-10-6-12/h1-2,11-12H,3-10H2,(H,19,20). The van der Waals surface area contributed by atoms with Gasteiger partial charge in [-0.05, 0) is 37.8 Å². The molecule has 2 aliphatic heterocycles. The van der Waals surface area contributed by atoms with Gasteiger partial charge in [-0.25, -0.2) is 4.79 Å². The Morgan fingerprint density at radius 3 is 2.30 bits per heavy atom. The summed E-state index contributed by atoms with van der Waals surface area (Å²) in [5.41, 5.74) is 0. The molecule has 0 saturated carbocycles. The molecule has 1 aromatic heterocycles. The van der Waals surface area contributed by atoms with Gasteiger partial charge in [0, 0.05) is 26.3 Å². The Labute approximate surface area is 139 Å². The highest BCUT2D eigenvalue weighted by molar-refractivity contribution is 7.15. The zero-order valence-corrected chi connectivity index (χ0v) is 13.7. The molecular formula is C16H21NO5S. The number of hydrogen-bond donors (Lipinski definition) is 1. The molecule has 0 aliphatic carbocycles. The van der Waals surface area contributed by atoms with Crippen molar-refractivity contribution < 1.29 is 24.2 Å². The maximum Gasteiger partial charge on any atom is 0.345 e. The van der Waals surface area contributed by atoms with Crippen LogP contribution in [0.1, 0.15) is 45.0 Å². The zero-order valence-electron chi connectivity index (χ0n) is 12.9. The van der Waals surface area contributed by atoms with Crippen LogP contribution in [0.4, 0.5) is 0 Å². The lowest BCUT2D eigenvalue weighted by molar-refractivity contribution is -0.0823. The molecule has 126 valence electrons. The van der Waals surface area contributed by atoms with Crippen molar-refractivity contribution in [2.24, 2.45) is 0 Å². The summed E-state index contributed by atoms with van der Waals surface area (Å²) in [6, 6.07) is 3.09. The molecule has 2 aliphatic rings. The van der Waals surface area contributed by atoms with Crippen LogP contribution < -0.4 is 0 Å². The van der Waals surface area contributed by atoms with Crippen molar-refractivity contribution in [1.82, 2.24) is 4.90 Å². The molecule has 3 heterocycles. The third-order valence-corrected chi connectivity index (χ3v) is 5.37. The molecule has 0 aromatic carbocycles. The largest absolute Gasteiger partial charge is 0.477 e. The fourth-order valence-corrected chi connectivity index (χ4v) is 3.82. The summed E-state index contributed by atoms with van der Waals surface area (Å²) in [6.07, 6.45) is 4.06. The molecule has 6 nitrogen and oxygen atoms in total. The Kier molecular flexibility index (Phi) is 5.30. The molecule has 1 aromatic rings. The number of nitrogens with zero attached hydrogens (tertiary/aromatic N) is 1. The Bertz CT molecular complexity index is 559. The first kappa shape index (κ1) is 16.4. The van der Waals surface area contributed by atoms with E-state index >= 15 is 0 Å². The van der Waals surface area contributed by atoms with Gasteiger partial charge in [0.1, 0.15) is 4.88 Å². The van der Waals surface area contributed by atoms with Gasteiger partial charge in [0.05, 0.1) is 17.1 Å². The number of carboxylic acid groups (broad SMARTS) is 1. The molecule has 1 amide bonds. The number of carbonyl (C=O) groups is 2. The monoisotopic (exact) mass is 339 g/mol. The van der Waals surface area contributed by atoms with Crippen LogP contribution in [-0.4, -0.2) is 60.4 Å². The van der Waals surface area contributed by atoms with Crippen molar-refractivity contribution >= 4 is 23.2 Å². The maximum atomic E-state index is 12.4. The van der Waals surface area contributed by atoms with Gasteiger partial charge >= 0.3 is 5.97 Å². The fraction of sp³-hybridized carbons (Fsp3) is 0.625. The minimum Gasteiger partial charge on any atom is -0.477 e. The third kappa shape index (κ3) is 4.10. The normalized spacial score (nSPS) is 20.6. The van der Waals surface area contributed by atoms with Gasteiger partial charge in [0.2, 0.25) is 0 Å². The van der Waals surface area contributed by atoms with E-state index in [0.717, 1.165) is 50.2 Å². The molecular weight excluding hydrogens is 318 g/mol. The molecule has 7 heteroatoms. The zero-order chi connectivity index (χ0) is 16.2. The topological polar surface area (TPSA) is 76.1 Å². The lowest BCUT2D eigenvalue weighted by Crippen LogP contribution is -2.42. The average molecular weight is 339 g/mol. The number of rotatable bonds is 4. The quantitative estimate of drug-likeness (QED) is 0.910. The van der Waals surface area contributed by atoms with E-state index in [-0.39, 0.29) is 23.0 Å². The molecule has 3 rings (SSSR count). The van der Waals surface area contributed by atoms with Crippen molar-refractivity contribution in [3.8, 4) is 0 Å². The molecule has 2 fully saturated rings. The van der Waals surface area contributed by atoms with Crippen molar-refractivity contribution in [1.29, 1.82) is 0 Å². The maximum absolute atomic E-state index is 12.4. The van der Waals surface area contributed by atoms with Gasteiger partial charge in [-0.1, -0.05) is 0 Å². The molecule has 0 spiro atoms. The van der Waals surface area contributed by atoms with Crippen molar-refractivity contribution in [2.45, 2.75) is 37.9 Å². The molecule has 0 atom stereocenters. The summed E-state index contributed by atoms with van der Waals surface area (Å²) in [7, 11) is 0. The van der Waals surface area contributed by atoms with E-state index < -0.39 is 5.97 Å². The first-order chi connectivity index (χ1) is 11.1. The second-order valence-corrected chi connectivity index (χ2v) is 6.99. The predicted molar refractivity (Wildman–Crippen MR) is 85.1 cm³/mol. The predicted octanol–water partition coefficient (Wildman–Crippen LogP) is 2.25. The number of aromatic carboxylic acids is 1. The van der Waals surface area contributed by atoms with Gasteiger partial charge < -0.3 is 19.5 Å². The van der Waals surface area contributed by atoms with Crippen LogP contribution in [0, 0.1) is 0 Å². The molecule has 2 saturated heterocycles. The van der Waals surface area contributed by atoms with Gasteiger partial charge in [-0.15, -0.1) is 11.3 Å². The Morgan fingerprint density at radius 2 is 1.70 bits per heavy atom.